The second-order valence-corrected chi connectivity index (χ2v) is 7.55. The monoisotopic (exact) mass is 409 g/mol. The molecule has 0 saturated heterocycles. The Morgan fingerprint density at radius 1 is 1.14 bits per heavy atom. The van der Waals surface area contributed by atoms with Gasteiger partial charge in [-0.3, -0.25) is 14.0 Å². The quantitative estimate of drug-likeness (QED) is 0.537. The van der Waals surface area contributed by atoms with Gasteiger partial charge in [0, 0.05) is 22.2 Å². The number of hydrogen-bond acceptors (Lipinski definition) is 4. The van der Waals surface area contributed by atoms with E-state index in [0.29, 0.717) is 15.7 Å². The second kappa shape index (κ2) is 7.58. The van der Waals surface area contributed by atoms with Crippen LogP contribution in [-0.2, 0) is 0 Å². The molecule has 4 aromatic rings. The van der Waals surface area contributed by atoms with Gasteiger partial charge < -0.3 is 5.32 Å². The number of halogens is 1. The van der Waals surface area contributed by atoms with Crippen LogP contribution in [0.25, 0.3) is 16.2 Å². The van der Waals surface area contributed by atoms with E-state index >= 15 is 0 Å². The molecule has 0 radical (unpaired) electrons. The standard InChI is InChI=1S/C21H16ClN3O2S/c1-13(14-7-3-2-4-8-14)24-19(26)16-11-23-21-25(20(16)27)18(12-28-21)15-9-5-6-10-17(15)22/h2-13H,1H3,(H,24,26)/t13-/m1/s1. The Kier molecular flexibility index (Phi) is 4.98. The van der Waals surface area contributed by atoms with Crippen molar-refractivity contribution in [3.63, 3.8) is 0 Å². The van der Waals surface area contributed by atoms with Crippen LogP contribution < -0.4 is 10.9 Å². The van der Waals surface area contributed by atoms with Gasteiger partial charge in [-0.25, -0.2) is 4.98 Å². The van der Waals surface area contributed by atoms with E-state index in [4.69, 9.17) is 11.6 Å². The average molecular weight is 410 g/mol. The topological polar surface area (TPSA) is 63.5 Å². The van der Waals surface area contributed by atoms with Gasteiger partial charge in [0.2, 0.25) is 0 Å². The zero-order chi connectivity index (χ0) is 19.7. The van der Waals surface area contributed by atoms with Crippen LogP contribution in [0.15, 0.2) is 71.0 Å². The predicted octanol–water partition coefficient (Wildman–Crippen LogP) is 4.57. The molecule has 0 fully saturated rings. The van der Waals surface area contributed by atoms with Crippen molar-refractivity contribution in [2.45, 2.75) is 13.0 Å². The van der Waals surface area contributed by atoms with E-state index in [2.05, 4.69) is 10.3 Å². The summed E-state index contributed by atoms with van der Waals surface area (Å²) in [5.41, 5.74) is 1.87. The normalized spacial score (nSPS) is 12.1. The van der Waals surface area contributed by atoms with E-state index in [0.717, 1.165) is 11.1 Å². The summed E-state index contributed by atoms with van der Waals surface area (Å²) >= 11 is 7.62. The number of nitrogens with zero attached hydrogens (tertiary/aromatic N) is 2. The van der Waals surface area contributed by atoms with Crippen LogP contribution in [-0.4, -0.2) is 15.3 Å². The van der Waals surface area contributed by atoms with Crippen molar-refractivity contribution in [1.82, 2.24) is 14.7 Å². The van der Waals surface area contributed by atoms with Crippen LogP contribution in [0.3, 0.4) is 0 Å². The molecule has 0 spiro atoms. The molecule has 140 valence electrons. The minimum Gasteiger partial charge on any atom is -0.345 e. The lowest BCUT2D eigenvalue weighted by Gasteiger charge is -2.14. The fourth-order valence-electron chi connectivity index (χ4n) is 3.00. The summed E-state index contributed by atoms with van der Waals surface area (Å²) in [6.07, 6.45) is 1.33. The fraction of sp³-hybridized carbons (Fsp3) is 0.0952. The molecule has 28 heavy (non-hydrogen) atoms. The second-order valence-electron chi connectivity index (χ2n) is 6.30. The molecule has 1 atom stereocenters. The minimum absolute atomic E-state index is 0.00742. The van der Waals surface area contributed by atoms with Crippen LogP contribution >= 0.6 is 22.9 Å². The highest BCUT2D eigenvalue weighted by molar-refractivity contribution is 7.15. The van der Waals surface area contributed by atoms with Crippen molar-refractivity contribution in [1.29, 1.82) is 0 Å². The summed E-state index contributed by atoms with van der Waals surface area (Å²) in [5, 5.41) is 5.21. The maximum atomic E-state index is 13.1. The summed E-state index contributed by atoms with van der Waals surface area (Å²) in [5.74, 6) is -0.459. The maximum absolute atomic E-state index is 13.1. The van der Waals surface area contributed by atoms with Gasteiger partial charge in [0.25, 0.3) is 11.5 Å². The number of carbonyl (C=O) groups excluding carboxylic acids is 1. The lowest BCUT2D eigenvalue weighted by molar-refractivity contribution is 0.0938. The van der Waals surface area contributed by atoms with Gasteiger partial charge in [-0.2, -0.15) is 0 Å². The van der Waals surface area contributed by atoms with Crippen molar-refractivity contribution in [3.8, 4) is 11.3 Å². The van der Waals surface area contributed by atoms with Gasteiger partial charge in [0.05, 0.1) is 11.7 Å². The fourth-order valence-corrected chi connectivity index (χ4v) is 4.09. The zero-order valence-electron chi connectivity index (χ0n) is 14.9. The van der Waals surface area contributed by atoms with E-state index < -0.39 is 11.5 Å². The number of hydrogen-bond donors (Lipinski definition) is 1. The summed E-state index contributed by atoms with van der Waals surface area (Å²) in [6.45, 7) is 1.87. The van der Waals surface area contributed by atoms with Crippen LogP contribution in [0.4, 0.5) is 0 Å². The third kappa shape index (κ3) is 3.32. The number of aromatic nitrogens is 2. The SMILES string of the molecule is C[C@@H](NC(=O)c1cnc2scc(-c3ccccc3Cl)n2c1=O)c1ccccc1. The molecule has 0 saturated carbocycles. The number of carbonyl (C=O) groups is 1. The molecule has 0 aliphatic heterocycles. The zero-order valence-corrected chi connectivity index (χ0v) is 16.5. The molecule has 4 rings (SSSR count). The van der Waals surface area contributed by atoms with Gasteiger partial charge in [0.1, 0.15) is 5.56 Å². The number of nitrogens with one attached hydrogen (secondary N) is 1. The van der Waals surface area contributed by atoms with Gasteiger partial charge >= 0.3 is 0 Å². The largest absolute Gasteiger partial charge is 0.345 e. The Bertz CT molecular complexity index is 1220. The minimum atomic E-state index is -0.459. The number of fused-ring (bicyclic) bond motifs is 1. The smallest absolute Gasteiger partial charge is 0.271 e. The van der Waals surface area contributed by atoms with E-state index in [1.807, 2.05) is 60.8 Å². The Balaban J connectivity index is 1.74. The Hall–Kier alpha value is -2.96. The molecule has 0 bridgehead atoms. The Morgan fingerprint density at radius 2 is 1.86 bits per heavy atom. The molecule has 2 aromatic carbocycles. The Morgan fingerprint density at radius 3 is 2.61 bits per heavy atom. The van der Waals surface area contributed by atoms with Gasteiger partial charge in [0.15, 0.2) is 4.96 Å². The predicted molar refractivity (Wildman–Crippen MR) is 112 cm³/mol. The van der Waals surface area contributed by atoms with E-state index in [1.54, 1.807) is 6.07 Å². The lowest BCUT2D eigenvalue weighted by Crippen LogP contribution is -2.33. The molecule has 7 heteroatoms. The molecule has 1 amide bonds. The molecule has 2 heterocycles. The van der Waals surface area contributed by atoms with E-state index in [-0.39, 0.29) is 11.6 Å². The van der Waals surface area contributed by atoms with Crippen molar-refractivity contribution >= 4 is 33.8 Å². The third-order valence-corrected chi connectivity index (χ3v) is 5.66. The molecule has 0 unspecified atom stereocenters. The Labute approximate surface area is 170 Å². The van der Waals surface area contributed by atoms with Crippen LogP contribution in [0.5, 0.6) is 0 Å². The van der Waals surface area contributed by atoms with Crippen LogP contribution in [0.2, 0.25) is 5.02 Å². The summed E-state index contributed by atoms with van der Waals surface area (Å²) in [7, 11) is 0. The highest BCUT2D eigenvalue weighted by Crippen LogP contribution is 2.29. The lowest BCUT2D eigenvalue weighted by atomic mass is 10.1. The summed E-state index contributed by atoms with van der Waals surface area (Å²) in [6, 6.07) is 16.6. The van der Waals surface area contributed by atoms with Crippen molar-refractivity contribution < 1.29 is 4.79 Å². The molecule has 0 aliphatic rings. The first-order valence-electron chi connectivity index (χ1n) is 8.66. The molecular formula is C21H16ClN3O2S. The first-order chi connectivity index (χ1) is 13.6. The van der Waals surface area contributed by atoms with E-state index in [1.165, 1.54) is 21.9 Å². The highest BCUT2D eigenvalue weighted by Gasteiger charge is 2.19. The van der Waals surface area contributed by atoms with Crippen molar-refractivity contribution in [2.75, 3.05) is 0 Å². The summed E-state index contributed by atoms with van der Waals surface area (Å²) in [4.78, 5) is 30.6. The summed E-state index contributed by atoms with van der Waals surface area (Å²) < 4.78 is 1.44. The van der Waals surface area contributed by atoms with Gasteiger partial charge in [-0.1, -0.05) is 60.1 Å². The van der Waals surface area contributed by atoms with Gasteiger partial charge in [-0.05, 0) is 18.6 Å². The van der Waals surface area contributed by atoms with Crippen molar-refractivity contribution in [3.05, 3.63) is 92.7 Å². The first kappa shape index (κ1) is 18.4. The van der Waals surface area contributed by atoms with E-state index in [9.17, 15) is 9.59 Å². The number of amides is 1. The van der Waals surface area contributed by atoms with Gasteiger partial charge in [-0.15, -0.1) is 11.3 Å². The maximum Gasteiger partial charge on any atom is 0.271 e. The van der Waals surface area contributed by atoms with Crippen LogP contribution in [0.1, 0.15) is 28.9 Å². The third-order valence-electron chi connectivity index (χ3n) is 4.49. The average Bonchev–Trinajstić information content (AvgIpc) is 3.14. The molecule has 2 aromatic heterocycles. The molecular weight excluding hydrogens is 394 g/mol. The molecule has 5 nitrogen and oxygen atoms in total. The van der Waals surface area contributed by atoms with Crippen LogP contribution in [0, 0.1) is 0 Å². The number of thiazole rings is 1. The number of rotatable bonds is 4. The molecule has 0 aliphatic carbocycles. The number of benzene rings is 2. The first-order valence-corrected chi connectivity index (χ1v) is 9.92. The molecule has 1 N–H and O–H groups in total. The highest BCUT2D eigenvalue weighted by atomic mass is 35.5. The van der Waals surface area contributed by atoms with Crippen molar-refractivity contribution in [2.24, 2.45) is 0 Å².